The summed E-state index contributed by atoms with van der Waals surface area (Å²) >= 11 is 0. The van der Waals surface area contributed by atoms with Gasteiger partial charge in [-0.05, 0) is 23.1 Å². The van der Waals surface area contributed by atoms with Gasteiger partial charge in [0.2, 0.25) is 5.60 Å². The minimum absolute atomic E-state index is 0.194. The molecular formula is C28H30NO3+. The zero-order valence-corrected chi connectivity index (χ0v) is 18.5. The van der Waals surface area contributed by atoms with Gasteiger partial charge in [0.15, 0.2) is 6.10 Å². The Morgan fingerprint density at radius 1 is 0.969 bits per heavy atom. The summed E-state index contributed by atoms with van der Waals surface area (Å²) < 4.78 is 6.91. The molecule has 1 saturated heterocycles. The van der Waals surface area contributed by atoms with E-state index in [1.54, 1.807) is 0 Å². The molecule has 3 aromatic rings. The first-order valence-corrected chi connectivity index (χ1v) is 11.5. The van der Waals surface area contributed by atoms with Crippen molar-refractivity contribution in [2.75, 3.05) is 26.7 Å². The molecule has 1 N–H and O–H groups in total. The lowest BCUT2D eigenvalue weighted by atomic mass is 9.91. The van der Waals surface area contributed by atoms with Crippen molar-refractivity contribution in [1.29, 1.82) is 0 Å². The summed E-state index contributed by atoms with van der Waals surface area (Å²) in [5, 5.41) is 11.7. The van der Waals surface area contributed by atoms with Crippen LogP contribution < -0.4 is 0 Å². The normalized spacial score (nSPS) is 23.2. The highest BCUT2D eigenvalue weighted by Crippen LogP contribution is 2.48. The van der Waals surface area contributed by atoms with Crippen LogP contribution in [0.3, 0.4) is 0 Å². The Kier molecular flexibility index (Phi) is 5.36. The summed E-state index contributed by atoms with van der Waals surface area (Å²) in [4.78, 5) is 13.5. The van der Waals surface area contributed by atoms with Crippen LogP contribution in [0.25, 0.3) is 11.1 Å². The molecule has 0 saturated carbocycles. The Hall–Kier alpha value is -2.95. The molecule has 2 atom stereocenters. The van der Waals surface area contributed by atoms with E-state index in [0.717, 1.165) is 54.5 Å². The summed E-state index contributed by atoms with van der Waals surface area (Å²) in [5.41, 5.74) is 2.61. The van der Waals surface area contributed by atoms with Crippen molar-refractivity contribution in [3.8, 4) is 11.1 Å². The predicted octanol–water partition coefficient (Wildman–Crippen LogP) is 4.30. The second kappa shape index (κ2) is 8.19. The van der Waals surface area contributed by atoms with Gasteiger partial charge in [0.1, 0.15) is 6.54 Å². The molecule has 1 fully saturated rings. The summed E-state index contributed by atoms with van der Waals surface area (Å²) in [6.45, 7) is 2.86. The second-order valence-corrected chi connectivity index (χ2v) is 9.46. The third-order valence-electron chi connectivity index (χ3n) is 7.14. The Morgan fingerprint density at radius 3 is 2.22 bits per heavy atom. The van der Waals surface area contributed by atoms with Crippen LogP contribution in [-0.2, 0) is 21.6 Å². The lowest BCUT2D eigenvalue weighted by Crippen LogP contribution is -2.55. The highest BCUT2D eigenvalue weighted by atomic mass is 16.6. The van der Waals surface area contributed by atoms with Crippen LogP contribution in [0.1, 0.15) is 29.5 Å². The third kappa shape index (κ3) is 3.64. The molecule has 4 nitrogen and oxygen atoms in total. The number of esters is 1. The maximum atomic E-state index is 13.5. The van der Waals surface area contributed by atoms with Crippen molar-refractivity contribution in [2.24, 2.45) is 0 Å². The van der Waals surface area contributed by atoms with Crippen molar-refractivity contribution in [2.45, 2.75) is 31.0 Å². The molecule has 4 heteroatoms. The Morgan fingerprint density at radius 2 is 1.56 bits per heavy atom. The fourth-order valence-corrected chi connectivity index (χ4v) is 5.39. The number of likely N-dealkylation sites (N-methyl/N-ethyl adjacent to an activating group) is 1. The van der Waals surface area contributed by atoms with E-state index in [0.29, 0.717) is 11.1 Å². The fourth-order valence-electron chi connectivity index (χ4n) is 5.39. The average molecular weight is 429 g/mol. The minimum atomic E-state index is -1.75. The molecular weight excluding hydrogens is 398 g/mol. The topological polar surface area (TPSA) is 46.5 Å². The highest BCUT2D eigenvalue weighted by molar-refractivity contribution is 5.96. The average Bonchev–Trinajstić information content (AvgIpc) is 3.09. The third-order valence-corrected chi connectivity index (χ3v) is 7.14. The van der Waals surface area contributed by atoms with Gasteiger partial charge < -0.3 is 14.3 Å². The maximum Gasteiger partial charge on any atom is 0.348 e. The summed E-state index contributed by atoms with van der Waals surface area (Å²) in [7, 11) is 2.25. The van der Waals surface area contributed by atoms with Gasteiger partial charge in [-0.15, -0.1) is 0 Å². The van der Waals surface area contributed by atoms with Crippen LogP contribution in [0.15, 0.2) is 78.9 Å². The Bertz CT molecular complexity index is 1080. The first-order chi connectivity index (χ1) is 15.5. The van der Waals surface area contributed by atoms with E-state index in [4.69, 9.17) is 4.74 Å². The van der Waals surface area contributed by atoms with Gasteiger partial charge in [0, 0.05) is 24.0 Å². The standard InChI is InChI=1S/C28H30NO3/c1-29(19-17-21-10-3-2-4-11-21)18-9-12-22(20-29)32-27(30)28(31)25-15-7-5-13-23(25)24-14-6-8-16-26(24)28/h2-8,10-11,13-16,22,31H,9,12,17-20H2,1H3/q+1/t22-,29?/m1/s1. The van der Waals surface area contributed by atoms with E-state index in [1.165, 1.54) is 5.56 Å². The van der Waals surface area contributed by atoms with E-state index in [1.807, 2.05) is 54.6 Å². The van der Waals surface area contributed by atoms with E-state index in [2.05, 4.69) is 31.3 Å². The number of hydrogen-bond donors (Lipinski definition) is 1. The smallest absolute Gasteiger partial charge is 0.348 e. The quantitative estimate of drug-likeness (QED) is 0.487. The number of nitrogens with zero attached hydrogens (tertiary/aromatic N) is 1. The number of carbonyl (C=O) groups excluding carboxylic acids is 1. The molecule has 1 unspecified atom stereocenters. The highest BCUT2D eigenvalue weighted by Gasteiger charge is 2.50. The van der Waals surface area contributed by atoms with Crippen LogP contribution >= 0.6 is 0 Å². The van der Waals surface area contributed by atoms with Crippen LogP contribution in [0.5, 0.6) is 0 Å². The lowest BCUT2D eigenvalue weighted by molar-refractivity contribution is -0.916. The number of ether oxygens (including phenoxy) is 1. The van der Waals surface area contributed by atoms with Crippen LogP contribution in [0.2, 0.25) is 0 Å². The summed E-state index contributed by atoms with van der Waals surface area (Å²) in [6.07, 6.45) is 2.66. The lowest BCUT2D eigenvalue weighted by Gasteiger charge is -2.41. The minimum Gasteiger partial charge on any atom is -0.454 e. The number of carbonyl (C=O) groups is 1. The first-order valence-electron chi connectivity index (χ1n) is 11.5. The number of fused-ring (bicyclic) bond motifs is 3. The molecule has 32 heavy (non-hydrogen) atoms. The molecule has 5 rings (SSSR count). The number of piperidine rings is 1. The number of likely N-dealkylation sites (tertiary alicyclic amines) is 1. The Labute approximate surface area is 189 Å². The predicted molar refractivity (Wildman–Crippen MR) is 125 cm³/mol. The van der Waals surface area contributed by atoms with Gasteiger partial charge in [-0.25, -0.2) is 4.79 Å². The first kappa shape index (κ1) is 20.9. The molecule has 0 spiro atoms. The van der Waals surface area contributed by atoms with Gasteiger partial charge in [-0.2, -0.15) is 0 Å². The number of rotatable bonds is 5. The molecule has 3 aromatic carbocycles. The maximum absolute atomic E-state index is 13.5. The monoisotopic (exact) mass is 428 g/mol. The molecule has 164 valence electrons. The van der Waals surface area contributed by atoms with E-state index in [-0.39, 0.29) is 6.10 Å². The van der Waals surface area contributed by atoms with Crippen molar-refractivity contribution in [3.63, 3.8) is 0 Å². The number of benzene rings is 3. The molecule has 1 aliphatic carbocycles. The zero-order chi connectivity index (χ0) is 22.2. The van der Waals surface area contributed by atoms with Gasteiger partial charge in [0.05, 0.1) is 20.1 Å². The van der Waals surface area contributed by atoms with Gasteiger partial charge >= 0.3 is 5.97 Å². The van der Waals surface area contributed by atoms with E-state index in [9.17, 15) is 9.90 Å². The van der Waals surface area contributed by atoms with Gasteiger partial charge in [0.25, 0.3) is 0 Å². The van der Waals surface area contributed by atoms with Crippen LogP contribution in [-0.4, -0.2) is 48.3 Å². The number of hydrogen-bond acceptors (Lipinski definition) is 3. The van der Waals surface area contributed by atoms with Crippen LogP contribution in [0.4, 0.5) is 0 Å². The van der Waals surface area contributed by atoms with Crippen molar-refractivity contribution in [1.82, 2.24) is 0 Å². The van der Waals surface area contributed by atoms with Crippen LogP contribution in [0, 0.1) is 0 Å². The molecule has 1 aliphatic heterocycles. The molecule has 0 radical (unpaired) electrons. The summed E-state index contributed by atoms with van der Waals surface area (Å²) in [5.74, 6) is -0.559. The van der Waals surface area contributed by atoms with Crippen molar-refractivity contribution >= 4 is 5.97 Å². The van der Waals surface area contributed by atoms with Crippen molar-refractivity contribution < 1.29 is 19.1 Å². The molecule has 0 bridgehead atoms. The number of aliphatic hydroxyl groups is 1. The second-order valence-electron chi connectivity index (χ2n) is 9.46. The largest absolute Gasteiger partial charge is 0.454 e. The molecule has 0 aromatic heterocycles. The molecule has 2 aliphatic rings. The molecule has 1 heterocycles. The molecule has 0 amide bonds. The fraction of sp³-hybridized carbons (Fsp3) is 0.321. The van der Waals surface area contributed by atoms with Gasteiger partial charge in [-0.3, -0.25) is 0 Å². The van der Waals surface area contributed by atoms with Crippen molar-refractivity contribution in [3.05, 3.63) is 95.6 Å². The number of quaternary nitrogens is 1. The van der Waals surface area contributed by atoms with E-state index >= 15 is 0 Å². The zero-order valence-electron chi connectivity index (χ0n) is 18.5. The van der Waals surface area contributed by atoms with E-state index < -0.39 is 11.6 Å². The summed E-state index contributed by atoms with van der Waals surface area (Å²) in [6, 6.07) is 25.7. The Balaban J connectivity index is 1.34. The SMILES string of the molecule is C[N+]1(CCc2ccccc2)CCC[C@@H](OC(=O)C2(O)c3ccccc3-c3ccccc32)C1. The van der Waals surface area contributed by atoms with Gasteiger partial charge in [-0.1, -0.05) is 78.9 Å².